The molecule has 1 aliphatic heterocycles. The predicted octanol–water partition coefficient (Wildman–Crippen LogP) is 2.50. The first-order valence-electron chi connectivity index (χ1n) is 8.09. The van der Waals surface area contributed by atoms with Gasteiger partial charge in [0.25, 0.3) is 5.91 Å². The molecule has 1 amide bonds. The van der Waals surface area contributed by atoms with Crippen LogP contribution in [-0.4, -0.2) is 28.9 Å². The number of ketones is 1. The highest BCUT2D eigenvalue weighted by molar-refractivity contribution is 6.37. The van der Waals surface area contributed by atoms with Crippen molar-refractivity contribution in [1.29, 1.82) is 0 Å². The smallest absolute Gasteiger partial charge is 0.329 e. The standard InChI is InChI=1S/C16H26N2O4/c1-4-6-7-8-9-10-11-16(17-14(20)12(3)19)13(5-2)18-22-15(16)21/h4-11H2,1-3H3,(H,17,20). The number of Topliss-reactive ketones (excluding diaryl/α,β-unsaturated/α-hetero) is 1. The van der Waals surface area contributed by atoms with Gasteiger partial charge in [0.05, 0.1) is 5.71 Å². The molecule has 0 aromatic heterocycles. The van der Waals surface area contributed by atoms with E-state index in [2.05, 4.69) is 17.4 Å². The molecular formula is C16H26N2O4. The van der Waals surface area contributed by atoms with E-state index in [1.807, 2.05) is 6.92 Å². The summed E-state index contributed by atoms with van der Waals surface area (Å²) in [5.41, 5.74) is -0.775. The highest BCUT2D eigenvalue weighted by Crippen LogP contribution is 2.26. The second-order valence-corrected chi connectivity index (χ2v) is 5.70. The first-order valence-corrected chi connectivity index (χ1v) is 8.09. The zero-order valence-electron chi connectivity index (χ0n) is 13.7. The average molecular weight is 310 g/mol. The van der Waals surface area contributed by atoms with Crippen LogP contribution in [0.4, 0.5) is 0 Å². The van der Waals surface area contributed by atoms with E-state index in [-0.39, 0.29) is 0 Å². The van der Waals surface area contributed by atoms with Crippen molar-refractivity contribution in [3.8, 4) is 0 Å². The summed E-state index contributed by atoms with van der Waals surface area (Å²) in [5.74, 6) is -1.99. The van der Waals surface area contributed by atoms with Gasteiger partial charge in [-0.2, -0.15) is 0 Å². The fourth-order valence-corrected chi connectivity index (χ4v) is 2.62. The SMILES string of the molecule is CCCCCCCCC1(NC(=O)C(C)=O)C(=O)ON=C1CC. The van der Waals surface area contributed by atoms with Crippen LogP contribution in [0.5, 0.6) is 0 Å². The number of oxime groups is 1. The molecule has 0 fully saturated rings. The largest absolute Gasteiger partial charge is 0.366 e. The summed E-state index contributed by atoms with van der Waals surface area (Å²) >= 11 is 0. The molecule has 1 aliphatic rings. The summed E-state index contributed by atoms with van der Waals surface area (Å²) in [5, 5.41) is 6.32. The maximum atomic E-state index is 12.1. The van der Waals surface area contributed by atoms with Crippen molar-refractivity contribution in [2.75, 3.05) is 0 Å². The van der Waals surface area contributed by atoms with Crippen LogP contribution >= 0.6 is 0 Å². The molecule has 124 valence electrons. The molecule has 0 radical (unpaired) electrons. The lowest BCUT2D eigenvalue weighted by atomic mass is 9.85. The van der Waals surface area contributed by atoms with E-state index in [4.69, 9.17) is 4.84 Å². The number of amides is 1. The third-order valence-electron chi connectivity index (χ3n) is 3.97. The quantitative estimate of drug-likeness (QED) is 0.382. The number of rotatable bonds is 10. The summed E-state index contributed by atoms with van der Waals surface area (Å²) in [7, 11) is 0. The van der Waals surface area contributed by atoms with Crippen LogP contribution in [0.3, 0.4) is 0 Å². The molecule has 0 bridgehead atoms. The summed E-state index contributed by atoms with van der Waals surface area (Å²) < 4.78 is 0. The highest BCUT2D eigenvalue weighted by atomic mass is 16.7. The lowest BCUT2D eigenvalue weighted by Crippen LogP contribution is -2.58. The van der Waals surface area contributed by atoms with Gasteiger partial charge in [-0.05, 0) is 12.8 Å². The van der Waals surface area contributed by atoms with Gasteiger partial charge >= 0.3 is 5.97 Å². The lowest BCUT2D eigenvalue weighted by Gasteiger charge is -2.26. The number of carbonyl (C=O) groups is 3. The van der Waals surface area contributed by atoms with E-state index in [0.717, 1.165) is 19.3 Å². The van der Waals surface area contributed by atoms with Gasteiger partial charge in [0.2, 0.25) is 5.78 Å². The fraction of sp³-hybridized carbons (Fsp3) is 0.750. The van der Waals surface area contributed by atoms with Gasteiger partial charge in [-0.1, -0.05) is 57.5 Å². The van der Waals surface area contributed by atoms with Crippen LogP contribution in [0, 0.1) is 0 Å². The van der Waals surface area contributed by atoms with Gasteiger partial charge in [-0.3, -0.25) is 9.59 Å². The molecule has 1 unspecified atom stereocenters. The molecule has 0 aromatic rings. The van der Waals surface area contributed by atoms with E-state index in [0.29, 0.717) is 18.6 Å². The van der Waals surface area contributed by atoms with E-state index in [1.165, 1.54) is 26.2 Å². The van der Waals surface area contributed by atoms with Crippen molar-refractivity contribution in [2.24, 2.45) is 5.16 Å². The Morgan fingerprint density at radius 1 is 1.14 bits per heavy atom. The van der Waals surface area contributed by atoms with Crippen molar-refractivity contribution < 1.29 is 19.2 Å². The molecule has 0 saturated heterocycles. The number of unbranched alkanes of at least 4 members (excludes halogenated alkanes) is 5. The Hall–Kier alpha value is -1.72. The van der Waals surface area contributed by atoms with Crippen LogP contribution in [0.1, 0.15) is 72.1 Å². The monoisotopic (exact) mass is 310 g/mol. The topological polar surface area (TPSA) is 84.8 Å². The Morgan fingerprint density at radius 2 is 1.77 bits per heavy atom. The third-order valence-corrected chi connectivity index (χ3v) is 3.97. The number of nitrogens with zero attached hydrogens (tertiary/aromatic N) is 1. The third kappa shape index (κ3) is 4.39. The molecule has 0 aromatic carbocycles. The molecule has 6 heteroatoms. The van der Waals surface area contributed by atoms with Gasteiger partial charge in [0.15, 0.2) is 5.54 Å². The number of nitrogens with one attached hydrogen (secondary N) is 1. The minimum absolute atomic E-state index is 0.420. The van der Waals surface area contributed by atoms with Crippen LogP contribution in [0.25, 0.3) is 0 Å². The van der Waals surface area contributed by atoms with Crippen molar-refractivity contribution >= 4 is 23.4 Å². The zero-order valence-corrected chi connectivity index (χ0v) is 13.7. The van der Waals surface area contributed by atoms with E-state index >= 15 is 0 Å². The van der Waals surface area contributed by atoms with Crippen molar-refractivity contribution in [3.05, 3.63) is 0 Å². The summed E-state index contributed by atoms with van der Waals surface area (Å²) in [4.78, 5) is 39.9. The first kappa shape index (κ1) is 18.3. The van der Waals surface area contributed by atoms with Gasteiger partial charge < -0.3 is 10.2 Å². The Balaban J connectivity index is 2.71. The Bertz CT molecular complexity index is 459. The molecule has 0 spiro atoms. The van der Waals surface area contributed by atoms with E-state index in [1.54, 1.807) is 0 Å². The van der Waals surface area contributed by atoms with Gasteiger partial charge in [-0.15, -0.1) is 0 Å². The minimum atomic E-state index is -1.26. The fourth-order valence-electron chi connectivity index (χ4n) is 2.62. The van der Waals surface area contributed by atoms with Crippen LogP contribution < -0.4 is 5.32 Å². The summed E-state index contributed by atoms with van der Waals surface area (Å²) in [6.45, 7) is 5.18. The Morgan fingerprint density at radius 3 is 2.36 bits per heavy atom. The molecule has 1 atom stereocenters. The van der Waals surface area contributed by atoms with E-state index in [9.17, 15) is 14.4 Å². The number of carbonyl (C=O) groups excluding carboxylic acids is 3. The predicted molar refractivity (Wildman–Crippen MR) is 83.4 cm³/mol. The first-order chi connectivity index (χ1) is 10.5. The number of hydrogen-bond acceptors (Lipinski definition) is 5. The Kier molecular flexibility index (Phi) is 7.21. The Labute approximate surface area is 131 Å². The molecular weight excluding hydrogens is 284 g/mol. The zero-order chi connectivity index (χ0) is 16.6. The minimum Gasteiger partial charge on any atom is -0.329 e. The molecule has 22 heavy (non-hydrogen) atoms. The van der Waals surface area contributed by atoms with Gasteiger partial charge in [0, 0.05) is 6.92 Å². The molecule has 1 N–H and O–H groups in total. The van der Waals surface area contributed by atoms with Crippen LogP contribution in [-0.2, 0) is 19.2 Å². The molecule has 1 rings (SSSR count). The molecule has 0 saturated carbocycles. The lowest BCUT2D eigenvalue weighted by molar-refractivity contribution is -0.148. The molecule has 1 heterocycles. The van der Waals surface area contributed by atoms with Crippen molar-refractivity contribution in [3.63, 3.8) is 0 Å². The maximum absolute atomic E-state index is 12.1. The average Bonchev–Trinajstić information content (AvgIpc) is 2.79. The second-order valence-electron chi connectivity index (χ2n) is 5.70. The summed E-state index contributed by atoms with van der Waals surface area (Å²) in [6.07, 6.45) is 7.30. The van der Waals surface area contributed by atoms with Crippen LogP contribution in [0.15, 0.2) is 5.16 Å². The van der Waals surface area contributed by atoms with Gasteiger partial charge in [-0.25, -0.2) is 4.79 Å². The molecule has 0 aliphatic carbocycles. The highest BCUT2D eigenvalue weighted by Gasteiger charge is 2.50. The molecule has 6 nitrogen and oxygen atoms in total. The van der Waals surface area contributed by atoms with E-state index < -0.39 is 23.2 Å². The number of hydrogen-bond donors (Lipinski definition) is 1. The van der Waals surface area contributed by atoms with Crippen molar-refractivity contribution in [2.45, 2.75) is 77.7 Å². The van der Waals surface area contributed by atoms with Crippen LogP contribution in [0.2, 0.25) is 0 Å². The van der Waals surface area contributed by atoms with Gasteiger partial charge in [0.1, 0.15) is 0 Å². The normalized spacial score (nSPS) is 20.5. The second kappa shape index (κ2) is 8.66. The summed E-state index contributed by atoms with van der Waals surface area (Å²) in [6, 6.07) is 0. The maximum Gasteiger partial charge on any atom is 0.366 e. The van der Waals surface area contributed by atoms with Crippen molar-refractivity contribution in [1.82, 2.24) is 5.32 Å².